The molecule has 0 fully saturated rings. The Hall–Kier alpha value is -3.74. The fourth-order valence-electron chi connectivity index (χ4n) is 3.89. The van der Waals surface area contributed by atoms with Crippen LogP contribution in [0.25, 0.3) is 11.0 Å². The predicted octanol–water partition coefficient (Wildman–Crippen LogP) is 6.35. The fraction of sp³-hybridized carbons (Fsp3) is 0.167. The van der Waals surface area contributed by atoms with Gasteiger partial charge in [-0.15, -0.1) is 0 Å². The second-order valence-corrected chi connectivity index (χ2v) is 9.42. The lowest BCUT2D eigenvalue weighted by molar-refractivity contribution is 0.0914. The fourth-order valence-corrected chi connectivity index (χ4v) is 4.87. The number of benzene rings is 4. The molecule has 0 aliphatic heterocycles. The zero-order valence-corrected chi connectivity index (χ0v) is 20.7. The van der Waals surface area contributed by atoms with E-state index < -0.39 is 6.10 Å². The third-order valence-electron chi connectivity index (χ3n) is 5.74. The SMILES string of the molecule is O[C@@H](COc1ccc(OCc2ccccc2)cc1)Cn1c(SCc2ccccc2)nc2ccccc21. The highest BCUT2D eigenvalue weighted by molar-refractivity contribution is 7.98. The molecule has 0 unspecified atom stereocenters. The molecule has 182 valence electrons. The highest BCUT2D eigenvalue weighted by Gasteiger charge is 2.15. The van der Waals surface area contributed by atoms with Gasteiger partial charge in [-0.2, -0.15) is 0 Å². The van der Waals surface area contributed by atoms with Gasteiger partial charge in [0.1, 0.15) is 30.8 Å². The summed E-state index contributed by atoms with van der Waals surface area (Å²) in [5, 5.41) is 11.7. The van der Waals surface area contributed by atoms with Crippen molar-refractivity contribution in [1.29, 1.82) is 0 Å². The lowest BCUT2D eigenvalue weighted by Crippen LogP contribution is -2.24. The predicted molar refractivity (Wildman–Crippen MR) is 144 cm³/mol. The van der Waals surface area contributed by atoms with E-state index in [-0.39, 0.29) is 6.61 Å². The van der Waals surface area contributed by atoms with Gasteiger partial charge in [0.2, 0.25) is 0 Å². The van der Waals surface area contributed by atoms with Crippen molar-refractivity contribution in [3.05, 3.63) is 120 Å². The summed E-state index contributed by atoms with van der Waals surface area (Å²) in [6.45, 7) is 1.10. The number of aliphatic hydroxyl groups is 1. The van der Waals surface area contributed by atoms with Crippen molar-refractivity contribution in [2.45, 2.75) is 30.2 Å². The number of thioether (sulfide) groups is 1. The molecule has 1 heterocycles. The van der Waals surface area contributed by atoms with Gasteiger partial charge in [-0.3, -0.25) is 0 Å². The first-order valence-electron chi connectivity index (χ1n) is 11.9. The first-order valence-corrected chi connectivity index (χ1v) is 12.9. The number of para-hydroxylation sites is 2. The second kappa shape index (κ2) is 11.8. The number of fused-ring (bicyclic) bond motifs is 1. The van der Waals surface area contributed by atoms with Gasteiger partial charge in [-0.25, -0.2) is 4.98 Å². The number of hydrogen-bond acceptors (Lipinski definition) is 5. The molecule has 1 aromatic heterocycles. The second-order valence-electron chi connectivity index (χ2n) is 8.48. The van der Waals surface area contributed by atoms with Crippen LogP contribution in [-0.4, -0.2) is 27.4 Å². The molecule has 0 saturated carbocycles. The largest absolute Gasteiger partial charge is 0.491 e. The highest BCUT2D eigenvalue weighted by Crippen LogP contribution is 2.27. The molecule has 0 radical (unpaired) electrons. The third-order valence-corrected chi connectivity index (χ3v) is 6.79. The molecule has 5 nitrogen and oxygen atoms in total. The quantitative estimate of drug-likeness (QED) is 0.216. The molecule has 0 aliphatic rings. The molecule has 4 aromatic carbocycles. The van der Waals surface area contributed by atoms with Crippen LogP contribution < -0.4 is 9.47 Å². The molecule has 0 saturated heterocycles. The summed E-state index contributed by atoms with van der Waals surface area (Å²) in [5.74, 6) is 2.28. The number of imidazole rings is 1. The first-order chi connectivity index (χ1) is 17.7. The van der Waals surface area contributed by atoms with Crippen LogP contribution in [0.4, 0.5) is 0 Å². The molecular weight excluding hydrogens is 468 g/mol. The molecule has 5 aromatic rings. The number of hydrogen-bond donors (Lipinski definition) is 1. The number of nitrogens with zero attached hydrogens (tertiary/aromatic N) is 2. The number of rotatable bonds is 11. The average Bonchev–Trinajstić information content (AvgIpc) is 3.28. The first kappa shape index (κ1) is 24.0. The molecule has 0 bridgehead atoms. The standard InChI is InChI=1S/C30H28N2O3S/c33-25(21-35-27-17-15-26(16-18-27)34-20-23-9-3-1-4-10-23)19-32-29-14-8-7-13-28(29)31-30(32)36-22-24-11-5-2-6-12-24/h1-18,25,33H,19-22H2/t25-/m1/s1. The van der Waals surface area contributed by atoms with E-state index in [1.54, 1.807) is 11.8 Å². The van der Waals surface area contributed by atoms with E-state index in [9.17, 15) is 5.11 Å². The smallest absolute Gasteiger partial charge is 0.169 e. The Morgan fingerprint density at radius 2 is 1.33 bits per heavy atom. The summed E-state index contributed by atoms with van der Waals surface area (Å²) in [5.41, 5.74) is 4.29. The van der Waals surface area contributed by atoms with Gasteiger partial charge < -0.3 is 19.1 Å². The Balaban J connectivity index is 1.18. The summed E-state index contributed by atoms with van der Waals surface area (Å²) in [6.07, 6.45) is -0.687. The number of ether oxygens (including phenoxy) is 2. The van der Waals surface area contributed by atoms with Crippen molar-refractivity contribution in [3.8, 4) is 11.5 Å². The van der Waals surface area contributed by atoms with Crippen LogP contribution >= 0.6 is 11.8 Å². The van der Waals surface area contributed by atoms with Crippen LogP contribution in [0.15, 0.2) is 114 Å². The van der Waals surface area contributed by atoms with Gasteiger partial charge in [-0.1, -0.05) is 84.6 Å². The van der Waals surface area contributed by atoms with Gasteiger partial charge >= 0.3 is 0 Å². The monoisotopic (exact) mass is 496 g/mol. The van der Waals surface area contributed by atoms with E-state index >= 15 is 0 Å². The molecule has 36 heavy (non-hydrogen) atoms. The molecule has 0 amide bonds. The van der Waals surface area contributed by atoms with Gasteiger partial charge in [-0.05, 0) is 47.5 Å². The Morgan fingerprint density at radius 1 is 0.722 bits per heavy atom. The molecule has 0 aliphatic carbocycles. The van der Waals surface area contributed by atoms with Gasteiger partial charge in [0.15, 0.2) is 5.16 Å². The van der Waals surface area contributed by atoms with Gasteiger partial charge in [0, 0.05) is 5.75 Å². The van der Waals surface area contributed by atoms with Crippen molar-refractivity contribution in [2.75, 3.05) is 6.61 Å². The molecule has 5 rings (SSSR count). The van der Waals surface area contributed by atoms with Crippen molar-refractivity contribution >= 4 is 22.8 Å². The van der Waals surface area contributed by atoms with Crippen LogP contribution in [0.1, 0.15) is 11.1 Å². The summed E-state index contributed by atoms with van der Waals surface area (Å²) in [7, 11) is 0. The summed E-state index contributed by atoms with van der Waals surface area (Å²) in [4.78, 5) is 4.81. The lowest BCUT2D eigenvalue weighted by Gasteiger charge is -2.16. The summed E-state index contributed by atoms with van der Waals surface area (Å²) >= 11 is 1.67. The summed E-state index contributed by atoms with van der Waals surface area (Å²) < 4.78 is 13.8. The minimum absolute atomic E-state index is 0.180. The van der Waals surface area contributed by atoms with Crippen molar-refractivity contribution in [1.82, 2.24) is 9.55 Å². The van der Waals surface area contributed by atoms with Crippen LogP contribution in [0, 0.1) is 0 Å². The highest BCUT2D eigenvalue weighted by atomic mass is 32.2. The maximum absolute atomic E-state index is 10.8. The van der Waals surface area contributed by atoms with Crippen LogP contribution in [-0.2, 0) is 18.9 Å². The maximum Gasteiger partial charge on any atom is 0.169 e. The Kier molecular flexibility index (Phi) is 7.86. The van der Waals surface area contributed by atoms with Crippen molar-refractivity contribution < 1.29 is 14.6 Å². The van der Waals surface area contributed by atoms with Crippen LogP contribution in [0.2, 0.25) is 0 Å². The van der Waals surface area contributed by atoms with Crippen molar-refractivity contribution in [2.24, 2.45) is 0 Å². The Bertz CT molecular complexity index is 1370. The molecule has 0 spiro atoms. The Labute approximate surface area is 215 Å². The average molecular weight is 497 g/mol. The maximum atomic E-state index is 10.8. The molecule has 6 heteroatoms. The summed E-state index contributed by atoms with van der Waals surface area (Å²) in [6, 6.07) is 35.9. The van der Waals surface area contributed by atoms with E-state index in [1.165, 1.54) is 5.56 Å². The van der Waals surface area contributed by atoms with E-state index in [0.29, 0.717) is 18.9 Å². The van der Waals surface area contributed by atoms with Crippen molar-refractivity contribution in [3.63, 3.8) is 0 Å². The minimum atomic E-state index is -0.687. The zero-order chi connectivity index (χ0) is 24.6. The van der Waals surface area contributed by atoms with Crippen LogP contribution in [0.3, 0.4) is 0 Å². The molecule has 1 atom stereocenters. The Morgan fingerprint density at radius 3 is 2.06 bits per heavy atom. The lowest BCUT2D eigenvalue weighted by atomic mass is 10.2. The zero-order valence-electron chi connectivity index (χ0n) is 19.9. The van der Waals surface area contributed by atoms with E-state index in [1.807, 2.05) is 97.1 Å². The number of aromatic nitrogens is 2. The molecular formula is C30H28N2O3S. The van der Waals surface area contributed by atoms with E-state index in [4.69, 9.17) is 14.5 Å². The van der Waals surface area contributed by atoms with Gasteiger partial charge in [0.25, 0.3) is 0 Å². The number of aliphatic hydroxyl groups excluding tert-OH is 1. The third kappa shape index (κ3) is 6.27. The topological polar surface area (TPSA) is 56.5 Å². The minimum Gasteiger partial charge on any atom is -0.491 e. The van der Waals surface area contributed by atoms with E-state index in [2.05, 4.69) is 16.7 Å². The normalized spacial score (nSPS) is 11.9. The van der Waals surface area contributed by atoms with E-state index in [0.717, 1.165) is 33.3 Å². The molecule has 1 N–H and O–H groups in total. The van der Waals surface area contributed by atoms with Crippen LogP contribution in [0.5, 0.6) is 11.5 Å². The van der Waals surface area contributed by atoms with Gasteiger partial charge in [0.05, 0.1) is 17.6 Å².